The van der Waals surface area contributed by atoms with E-state index < -0.39 is 0 Å². The maximum absolute atomic E-state index is 11.7. The van der Waals surface area contributed by atoms with Gasteiger partial charge in [0.25, 0.3) is 0 Å². The first-order valence-electron chi connectivity index (χ1n) is 6.09. The quantitative estimate of drug-likeness (QED) is 0.808. The number of aliphatic hydroxyl groups is 1. The van der Waals surface area contributed by atoms with E-state index in [1.54, 1.807) is 17.2 Å². The summed E-state index contributed by atoms with van der Waals surface area (Å²) in [5, 5.41) is 9.13. The molecule has 96 valence electrons. The molecule has 5 nitrogen and oxygen atoms in total. The molecule has 0 unspecified atom stereocenters. The van der Waals surface area contributed by atoms with Crippen molar-refractivity contribution in [2.24, 2.45) is 0 Å². The average Bonchev–Trinajstić information content (AvgIpc) is 2.41. The van der Waals surface area contributed by atoms with E-state index in [2.05, 4.69) is 9.97 Å². The van der Waals surface area contributed by atoms with Crippen LogP contribution in [-0.2, 0) is 4.79 Å². The van der Waals surface area contributed by atoms with E-state index in [4.69, 9.17) is 5.11 Å². The second-order valence-electron chi connectivity index (χ2n) is 4.51. The van der Waals surface area contributed by atoms with Gasteiger partial charge in [0, 0.05) is 19.2 Å². The number of carbonyl (C=O) groups is 1. The largest absolute Gasteiger partial charge is 0.389 e. The van der Waals surface area contributed by atoms with Crippen LogP contribution in [0.5, 0.6) is 0 Å². The summed E-state index contributed by atoms with van der Waals surface area (Å²) in [6.45, 7) is 0.819. The van der Waals surface area contributed by atoms with Gasteiger partial charge in [0.1, 0.15) is 0 Å². The van der Waals surface area contributed by atoms with E-state index in [0.717, 1.165) is 11.0 Å². The highest BCUT2D eigenvalue weighted by Gasteiger charge is 2.26. The van der Waals surface area contributed by atoms with E-state index in [0.29, 0.717) is 18.8 Å². The maximum Gasteiger partial charge on any atom is 0.246 e. The molecule has 1 amide bonds. The van der Waals surface area contributed by atoms with Gasteiger partial charge in [0.15, 0.2) is 0 Å². The molecule has 0 saturated carbocycles. The van der Waals surface area contributed by atoms with Crippen LogP contribution >= 0.6 is 0 Å². The SMILES string of the molecule is O=C(/C=C/c1cnc2ccccc2n1)N1CC(O)C1. The Morgan fingerprint density at radius 3 is 2.79 bits per heavy atom. The normalized spacial score (nSPS) is 15.9. The minimum Gasteiger partial charge on any atom is -0.389 e. The van der Waals surface area contributed by atoms with Crippen LogP contribution in [0.1, 0.15) is 5.69 Å². The Morgan fingerprint density at radius 1 is 1.32 bits per heavy atom. The summed E-state index contributed by atoms with van der Waals surface area (Å²) in [6, 6.07) is 7.58. The maximum atomic E-state index is 11.7. The van der Waals surface area contributed by atoms with Gasteiger partial charge in [-0.2, -0.15) is 0 Å². The highest BCUT2D eigenvalue weighted by molar-refractivity contribution is 5.92. The zero-order valence-electron chi connectivity index (χ0n) is 10.2. The number of nitrogens with zero attached hydrogens (tertiary/aromatic N) is 3. The van der Waals surface area contributed by atoms with Crippen molar-refractivity contribution in [3.63, 3.8) is 0 Å². The molecule has 19 heavy (non-hydrogen) atoms. The number of likely N-dealkylation sites (tertiary alicyclic amines) is 1. The molecular formula is C14H13N3O2. The van der Waals surface area contributed by atoms with Gasteiger partial charge in [0.05, 0.1) is 29.0 Å². The number of para-hydroxylation sites is 2. The van der Waals surface area contributed by atoms with Crippen molar-refractivity contribution in [3.8, 4) is 0 Å². The van der Waals surface area contributed by atoms with Gasteiger partial charge in [-0.15, -0.1) is 0 Å². The molecule has 0 atom stereocenters. The first-order valence-corrected chi connectivity index (χ1v) is 6.09. The lowest BCUT2D eigenvalue weighted by atomic mass is 10.1. The van der Waals surface area contributed by atoms with Crippen LogP contribution in [0, 0.1) is 0 Å². The third-order valence-electron chi connectivity index (χ3n) is 3.04. The number of hydrogen-bond acceptors (Lipinski definition) is 4. The number of fused-ring (bicyclic) bond motifs is 1. The smallest absolute Gasteiger partial charge is 0.246 e. The summed E-state index contributed by atoms with van der Waals surface area (Å²) >= 11 is 0. The van der Waals surface area contributed by atoms with Gasteiger partial charge in [-0.05, 0) is 18.2 Å². The lowest BCUT2D eigenvalue weighted by molar-refractivity contribution is -0.135. The Bertz CT molecular complexity index is 648. The molecule has 1 aliphatic heterocycles. The molecule has 1 aromatic carbocycles. The number of aliphatic hydroxyl groups excluding tert-OH is 1. The molecule has 0 aliphatic carbocycles. The van der Waals surface area contributed by atoms with Crippen molar-refractivity contribution in [1.29, 1.82) is 0 Å². The first-order chi connectivity index (χ1) is 9.22. The van der Waals surface area contributed by atoms with E-state index in [9.17, 15) is 4.79 Å². The second-order valence-corrected chi connectivity index (χ2v) is 4.51. The van der Waals surface area contributed by atoms with E-state index in [-0.39, 0.29) is 12.0 Å². The third kappa shape index (κ3) is 2.46. The van der Waals surface area contributed by atoms with Crippen LogP contribution in [0.3, 0.4) is 0 Å². The number of benzene rings is 1. The molecular weight excluding hydrogens is 242 g/mol. The summed E-state index contributed by atoms with van der Waals surface area (Å²) in [5.41, 5.74) is 2.28. The van der Waals surface area contributed by atoms with Crippen LogP contribution in [0.4, 0.5) is 0 Å². The summed E-state index contributed by atoms with van der Waals surface area (Å²) in [4.78, 5) is 21.9. The van der Waals surface area contributed by atoms with Crippen molar-refractivity contribution >= 4 is 23.0 Å². The molecule has 0 radical (unpaired) electrons. The van der Waals surface area contributed by atoms with Gasteiger partial charge >= 0.3 is 0 Å². The Balaban J connectivity index is 1.75. The van der Waals surface area contributed by atoms with Gasteiger partial charge < -0.3 is 10.0 Å². The zero-order chi connectivity index (χ0) is 13.2. The van der Waals surface area contributed by atoms with Crippen LogP contribution in [0.2, 0.25) is 0 Å². The molecule has 0 spiro atoms. The molecule has 1 N–H and O–H groups in total. The first kappa shape index (κ1) is 11.8. The number of β-amino-alcohol motifs (C(OH)–C–C–N with tert-alkyl or cyclic N) is 1. The van der Waals surface area contributed by atoms with Crippen molar-refractivity contribution < 1.29 is 9.90 Å². The van der Waals surface area contributed by atoms with E-state index in [1.165, 1.54) is 6.08 Å². The lowest BCUT2D eigenvalue weighted by Gasteiger charge is -2.34. The standard InChI is InChI=1S/C14H13N3O2/c18-11-8-17(9-11)14(19)6-5-10-7-15-12-3-1-2-4-13(12)16-10/h1-7,11,18H,8-9H2/b6-5+. The van der Waals surface area contributed by atoms with Gasteiger partial charge in [0.2, 0.25) is 5.91 Å². The molecule has 1 saturated heterocycles. The molecule has 1 fully saturated rings. The van der Waals surface area contributed by atoms with Gasteiger partial charge in [-0.1, -0.05) is 12.1 Å². The number of amides is 1. The summed E-state index contributed by atoms with van der Waals surface area (Å²) in [6.07, 6.45) is 4.37. The fourth-order valence-corrected chi connectivity index (χ4v) is 1.95. The van der Waals surface area contributed by atoms with Crippen molar-refractivity contribution in [3.05, 3.63) is 42.2 Å². The average molecular weight is 255 g/mol. The van der Waals surface area contributed by atoms with Crippen molar-refractivity contribution in [2.45, 2.75) is 6.10 Å². The Kier molecular flexibility index (Phi) is 2.97. The lowest BCUT2D eigenvalue weighted by Crippen LogP contribution is -2.52. The monoisotopic (exact) mass is 255 g/mol. The van der Waals surface area contributed by atoms with Crippen molar-refractivity contribution in [2.75, 3.05) is 13.1 Å². The molecule has 3 rings (SSSR count). The number of carbonyl (C=O) groups excluding carboxylic acids is 1. The molecule has 2 aromatic rings. The summed E-state index contributed by atoms with van der Waals surface area (Å²) in [5.74, 6) is -0.111. The fraction of sp³-hybridized carbons (Fsp3) is 0.214. The molecule has 1 aromatic heterocycles. The van der Waals surface area contributed by atoms with Gasteiger partial charge in [-0.25, -0.2) is 4.98 Å². The molecule has 0 bridgehead atoms. The zero-order valence-corrected chi connectivity index (χ0v) is 10.2. The summed E-state index contributed by atoms with van der Waals surface area (Å²) in [7, 11) is 0. The van der Waals surface area contributed by atoms with Crippen LogP contribution in [0.25, 0.3) is 17.1 Å². The second kappa shape index (κ2) is 4.78. The van der Waals surface area contributed by atoms with E-state index in [1.807, 2.05) is 24.3 Å². The number of rotatable bonds is 2. The molecule has 5 heteroatoms. The minimum absolute atomic E-state index is 0.111. The molecule has 1 aliphatic rings. The van der Waals surface area contributed by atoms with Crippen LogP contribution in [-0.4, -0.2) is 45.1 Å². The molecule has 2 heterocycles. The number of aromatic nitrogens is 2. The Labute approximate surface area is 110 Å². The Morgan fingerprint density at radius 2 is 2.05 bits per heavy atom. The third-order valence-corrected chi connectivity index (χ3v) is 3.04. The highest BCUT2D eigenvalue weighted by atomic mass is 16.3. The highest BCUT2D eigenvalue weighted by Crippen LogP contribution is 2.11. The topological polar surface area (TPSA) is 66.3 Å². The van der Waals surface area contributed by atoms with Crippen LogP contribution in [0.15, 0.2) is 36.5 Å². The van der Waals surface area contributed by atoms with Crippen LogP contribution < -0.4 is 0 Å². The van der Waals surface area contributed by atoms with Gasteiger partial charge in [-0.3, -0.25) is 9.78 Å². The van der Waals surface area contributed by atoms with Crippen molar-refractivity contribution in [1.82, 2.24) is 14.9 Å². The minimum atomic E-state index is -0.377. The Hall–Kier alpha value is -2.27. The summed E-state index contributed by atoms with van der Waals surface area (Å²) < 4.78 is 0. The van der Waals surface area contributed by atoms with E-state index >= 15 is 0 Å². The predicted octanol–water partition coefficient (Wildman–Crippen LogP) is 0.846. The number of hydrogen-bond donors (Lipinski definition) is 1. The fourth-order valence-electron chi connectivity index (χ4n) is 1.95. The predicted molar refractivity (Wildman–Crippen MR) is 71.2 cm³/mol.